The summed E-state index contributed by atoms with van der Waals surface area (Å²) in [5, 5.41) is 2.93. The van der Waals surface area contributed by atoms with Crippen LogP contribution in [0.15, 0.2) is 24.3 Å². The molecule has 1 atom stereocenters. The highest BCUT2D eigenvalue weighted by Crippen LogP contribution is 2.15. The average molecular weight is 280 g/mol. The minimum atomic E-state index is -0.738. The second kappa shape index (κ2) is 7.87. The molecule has 20 heavy (non-hydrogen) atoms. The van der Waals surface area contributed by atoms with Crippen LogP contribution >= 0.6 is 0 Å². The molecule has 1 amide bonds. The molecule has 0 aliphatic heterocycles. The summed E-state index contributed by atoms with van der Waals surface area (Å²) >= 11 is 0. The van der Waals surface area contributed by atoms with Crippen molar-refractivity contribution in [1.82, 2.24) is 5.32 Å². The number of rotatable bonds is 9. The van der Waals surface area contributed by atoms with Gasteiger partial charge in [-0.05, 0) is 38.1 Å². The van der Waals surface area contributed by atoms with Gasteiger partial charge in [0.05, 0.1) is 18.8 Å². The Balaban J connectivity index is 2.44. The summed E-state index contributed by atoms with van der Waals surface area (Å²) in [5.74, 6) is 0.410. The van der Waals surface area contributed by atoms with Crippen LogP contribution in [0.1, 0.15) is 18.9 Å². The summed E-state index contributed by atoms with van der Waals surface area (Å²) in [6.07, 6.45) is 1.40. The van der Waals surface area contributed by atoms with Crippen LogP contribution in [0.4, 0.5) is 0 Å². The third kappa shape index (κ3) is 4.83. The van der Waals surface area contributed by atoms with Gasteiger partial charge in [-0.15, -0.1) is 0 Å². The first-order valence-corrected chi connectivity index (χ1v) is 6.71. The van der Waals surface area contributed by atoms with Gasteiger partial charge in [-0.2, -0.15) is 0 Å². The summed E-state index contributed by atoms with van der Waals surface area (Å²) in [5.41, 5.74) is 5.83. The molecular formula is C15H24N2O3. The number of primary amides is 1. The summed E-state index contributed by atoms with van der Waals surface area (Å²) < 4.78 is 10.7. The molecule has 1 aromatic rings. The maximum absolute atomic E-state index is 11.3. The molecule has 0 aromatic heterocycles. The second-order valence-electron chi connectivity index (χ2n) is 4.93. The number of hydrogen-bond acceptors (Lipinski definition) is 4. The first-order valence-electron chi connectivity index (χ1n) is 6.71. The van der Waals surface area contributed by atoms with Gasteiger partial charge in [0.2, 0.25) is 5.91 Å². The van der Waals surface area contributed by atoms with Gasteiger partial charge in [0, 0.05) is 13.5 Å². The molecular weight excluding hydrogens is 256 g/mol. The monoisotopic (exact) mass is 280 g/mol. The lowest BCUT2D eigenvalue weighted by atomic mass is 9.98. The molecule has 0 saturated carbocycles. The minimum Gasteiger partial charge on any atom is -0.494 e. The maximum Gasteiger partial charge on any atom is 0.237 e. The molecule has 0 saturated heterocycles. The molecule has 0 spiro atoms. The topological polar surface area (TPSA) is 73.6 Å². The second-order valence-corrected chi connectivity index (χ2v) is 4.93. The predicted molar refractivity (Wildman–Crippen MR) is 78.8 cm³/mol. The third-order valence-corrected chi connectivity index (χ3v) is 3.48. The van der Waals surface area contributed by atoms with Crippen LogP contribution < -0.4 is 15.8 Å². The Morgan fingerprint density at radius 2 is 1.95 bits per heavy atom. The van der Waals surface area contributed by atoms with E-state index in [0.29, 0.717) is 19.6 Å². The summed E-state index contributed by atoms with van der Waals surface area (Å²) in [6.45, 7) is 2.91. The number of ether oxygens (including phenoxy) is 2. The number of benzene rings is 1. The third-order valence-electron chi connectivity index (χ3n) is 3.48. The van der Waals surface area contributed by atoms with Crippen LogP contribution in [-0.4, -0.2) is 38.8 Å². The fraction of sp³-hybridized carbons (Fsp3) is 0.533. The Kier molecular flexibility index (Phi) is 6.48. The normalized spacial score (nSPS) is 13.8. The van der Waals surface area contributed by atoms with E-state index >= 15 is 0 Å². The lowest BCUT2D eigenvalue weighted by molar-refractivity contribution is -0.124. The first kappa shape index (κ1) is 16.5. The van der Waals surface area contributed by atoms with Crippen LogP contribution in [0.5, 0.6) is 5.75 Å². The van der Waals surface area contributed by atoms with Crippen LogP contribution in [0.2, 0.25) is 0 Å². The summed E-state index contributed by atoms with van der Waals surface area (Å²) in [7, 11) is 3.41. The van der Waals surface area contributed by atoms with Crippen LogP contribution in [0.3, 0.4) is 0 Å². The van der Waals surface area contributed by atoms with Crippen molar-refractivity contribution in [3.63, 3.8) is 0 Å². The highest BCUT2D eigenvalue weighted by atomic mass is 16.5. The zero-order valence-corrected chi connectivity index (χ0v) is 12.4. The Labute approximate surface area is 120 Å². The maximum atomic E-state index is 11.3. The molecule has 3 N–H and O–H groups in total. The van der Waals surface area contributed by atoms with Crippen molar-refractivity contribution in [2.45, 2.75) is 25.3 Å². The van der Waals surface area contributed by atoms with E-state index in [1.807, 2.05) is 24.3 Å². The number of nitrogens with two attached hydrogens (primary N) is 1. The number of nitrogens with one attached hydrogen (secondary N) is 1. The van der Waals surface area contributed by atoms with Crippen molar-refractivity contribution in [2.24, 2.45) is 5.73 Å². The van der Waals surface area contributed by atoms with Crippen LogP contribution in [0, 0.1) is 0 Å². The fourth-order valence-corrected chi connectivity index (χ4v) is 1.72. The molecule has 0 radical (unpaired) electrons. The van der Waals surface area contributed by atoms with E-state index in [9.17, 15) is 4.79 Å². The number of methoxy groups -OCH3 is 1. The number of carbonyl (C=O) groups excluding carboxylic acids is 1. The number of hydrogen-bond donors (Lipinski definition) is 2. The number of likely N-dealkylation sites (N-methyl/N-ethyl adjacent to an activating group) is 1. The van der Waals surface area contributed by atoms with E-state index < -0.39 is 5.54 Å². The van der Waals surface area contributed by atoms with Crippen molar-refractivity contribution < 1.29 is 14.3 Å². The molecule has 1 rings (SSSR count). The molecule has 1 unspecified atom stereocenters. The van der Waals surface area contributed by atoms with E-state index in [4.69, 9.17) is 15.2 Å². The molecule has 5 nitrogen and oxygen atoms in total. The highest BCUT2D eigenvalue weighted by molar-refractivity contribution is 5.84. The van der Waals surface area contributed by atoms with Crippen LogP contribution in [-0.2, 0) is 16.0 Å². The zero-order valence-electron chi connectivity index (χ0n) is 12.4. The number of amides is 1. The van der Waals surface area contributed by atoms with E-state index in [1.54, 1.807) is 21.1 Å². The van der Waals surface area contributed by atoms with Gasteiger partial charge >= 0.3 is 0 Å². The van der Waals surface area contributed by atoms with Crippen LogP contribution in [0.25, 0.3) is 0 Å². The van der Waals surface area contributed by atoms with Crippen molar-refractivity contribution in [1.29, 1.82) is 0 Å². The molecule has 0 bridgehead atoms. The Hall–Kier alpha value is -1.59. The number of carbonyl (C=O) groups is 1. The van der Waals surface area contributed by atoms with E-state index in [2.05, 4.69) is 5.32 Å². The Bertz CT molecular complexity index is 420. The highest BCUT2D eigenvalue weighted by Gasteiger charge is 2.28. The van der Waals surface area contributed by atoms with Gasteiger partial charge in [-0.25, -0.2) is 0 Å². The van der Waals surface area contributed by atoms with E-state index in [1.165, 1.54) is 5.56 Å². The van der Waals surface area contributed by atoms with Gasteiger partial charge in [0.1, 0.15) is 5.75 Å². The largest absolute Gasteiger partial charge is 0.494 e. The van der Waals surface area contributed by atoms with Crippen molar-refractivity contribution in [2.75, 3.05) is 27.4 Å². The smallest absolute Gasteiger partial charge is 0.237 e. The average Bonchev–Trinajstić information content (AvgIpc) is 2.46. The van der Waals surface area contributed by atoms with Crippen molar-refractivity contribution in [3.05, 3.63) is 29.8 Å². The fourth-order valence-electron chi connectivity index (χ4n) is 1.72. The SMILES string of the molecule is CNC(C)(CCOc1ccc(CCOC)cc1)C(N)=O. The van der Waals surface area contributed by atoms with Gasteiger partial charge in [-0.1, -0.05) is 12.1 Å². The van der Waals surface area contributed by atoms with Crippen molar-refractivity contribution in [3.8, 4) is 5.75 Å². The molecule has 0 aliphatic carbocycles. The van der Waals surface area contributed by atoms with Gasteiger partial charge in [-0.3, -0.25) is 4.79 Å². The summed E-state index contributed by atoms with van der Waals surface area (Å²) in [6, 6.07) is 7.87. The molecule has 0 heterocycles. The van der Waals surface area contributed by atoms with Crippen molar-refractivity contribution >= 4 is 5.91 Å². The van der Waals surface area contributed by atoms with Gasteiger partial charge in [0.25, 0.3) is 0 Å². The Morgan fingerprint density at radius 3 is 2.45 bits per heavy atom. The molecule has 112 valence electrons. The summed E-state index contributed by atoms with van der Waals surface area (Å²) in [4.78, 5) is 11.3. The van der Waals surface area contributed by atoms with E-state index in [-0.39, 0.29) is 5.91 Å². The Morgan fingerprint density at radius 1 is 1.30 bits per heavy atom. The zero-order chi connectivity index (χ0) is 15.0. The standard InChI is InChI=1S/C15H24N2O3/c1-15(17-2,14(16)18)9-11-20-13-6-4-12(5-7-13)8-10-19-3/h4-7,17H,8-11H2,1-3H3,(H2,16,18). The molecule has 5 heteroatoms. The quantitative estimate of drug-likeness (QED) is 0.710. The van der Waals surface area contributed by atoms with Gasteiger partial charge < -0.3 is 20.5 Å². The van der Waals surface area contributed by atoms with E-state index in [0.717, 1.165) is 12.2 Å². The first-order chi connectivity index (χ1) is 9.51. The van der Waals surface area contributed by atoms with Gasteiger partial charge in [0.15, 0.2) is 0 Å². The lowest BCUT2D eigenvalue weighted by Crippen LogP contribution is -2.52. The molecule has 0 aliphatic rings. The predicted octanol–water partition coefficient (Wildman–Crippen LogP) is 1.11. The molecule has 0 fully saturated rings. The molecule has 1 aromatic carbocycles. The minimum absolute atomic E-state index is 0.376. The lowest BCUT2D eigenvalue weighted by Gasteiger charge is -2.25.